The van der Waals surface area contributed by atoms with Crippen molar-refractivity contribution in [3.05, 3.63) is 29.8 Å². The summed E-state index contributed by atoms with van der Waals surface area (Å²) >= 11 is 0.656. The fourth-order valence-electron chi connectivity index (χ4n) is 2.16. The Balaban J connectivity index is 1.71. The summed E-state index contributed by atoms with van der Waals surface area (Å²) in [6.07, 6.45) is 0.0268. The van der Waals surface area contributed by atoms with Gasteiger partial charge in [0.25, 0.3) is 5.25 Å². The molecule has 2 aliphatic rings. The van der Waals surface area contributed by atoms with Gasteiger partial charge < -0.3 is 9.47 Å². The normalized spacial score (nSPS) is 28.8. The van der Waals surface area contributed by atoms with Gasteiger partial charge in [-0.3, -0.25) is 0 Å². The summed E-state index contributed by atoms with van der Waals surface area (Å²) in [7, 11) is 0. The number of hydrogen-bond acceptors (Lipinski definition) is 3. The number of epoxide rings is 1. The lowest BCUT2D eigenvalue weighted by atomic mass is 9.96. The van der Waals surface area contributed by atoms with Crippen molar-refractivity contribution in [2.45, 2.75) is 28.6 Å². The quantitative estimate of drug-likeness (QED) is 0.785. The van der Waals surface area contributed by atoms with E-state index in [0.717, 1.165) is 12.2 Å². The van der Waals surface area contributed by atoms with E-state index in [0.29, 0.717) is 29.9 Å². The second-order valence-electron chi connectivity index (χ2n) is 4.67. The predicted molar refractivity (Wildman–Crippen MR) is 65.2 cm³/mol. The Bertz CT molecular complexity index is 435. The number of ether oxygens (including phenoxy) is 2. The van der Waals surface area contributed by atoms with Crippen molar-refractivity contribution in [3.8, 4) is 0 Å². The molecule has 2 heterocycles. The second kappa shape index (κ2) is 4.79. The Morgan fingerprint density at radius 3 is 2.89 bits per heavy atom. The maximum Gasteiger partial charge on any atom is 0.298 e. The zero-order valence-electron chi connectivity index (χ0n) is 9.77. The lowest BCUT2D eigenvalue weighted by Crippen LogP contribution is -2.24. The molecule has 1 aromatic carbocycles. The molecule has 2 aliphatic heterocycles. The van der Waals surface area contributed by atoms with Crippen LogP contribution in [0.3, 0.4) is 0 Å². The number of alkyl halides is 2. The van der Waals surface area contributed by atoms with Gasteiger partial charge in [-0.25, -0.2) is 0 Å². The van der Waals surface area contributed by atoms with Gasteiger partial charge in [0.05, 0.1) is 19.8 Å². The van der Waals surface area contributed by atoms with Crippen molar-refractivity contribution in [2.24, 2.45) is 0 Å². The molecule has 98 valence electrons. The van der Waals surface area contributed by atoms with Crippen molar-refractivity contribution in [1.29, 1.82) is 0 Å². The van der Waals surface area contributed by atoms with Crippen LogP contribution >= 0.6 is 11.8 Å². The third-order valence-corrected chi connectivity index (χ3v) is 4.18. The van der Waals surface area contributed by atoms with E-state index in [1.165, 1.54) is 0 Å². The molecule has 1 fully saturated rings. The average Bonchev–Trinajstić information content (AvgIpc) is 3.11. The fourth-order valence-corrected chi connectivity index (χ4v) is 3.27. The summed E-state index contributed by atoms with van der Waals surface area (Å²) < 4.78 is 37.7. The second-order valence-corrected chi connectivity index (χ2v) is 5.91. The summed E-state index contributed by atoms with van der Waals surface area (Å²) in [5.41, 5.74) is 0.977. The van der Waals surface area contributed by atoms with Crippen molar-refractivity contribution in [3.63, 3.8) is 0 Å². The van der Waals surface area contributed by atoms with Crippen LogP contribution in [0.25, 0.3) is 0 Å². The van der Waals surface area contributed by atoms with Crippen molar-refractivity contribution in [2.75, 3.05) is 19.8 Å². The Kier molecular flexibility index (Phi) is 3.30. The zero-order chi connectivity index (χ0) is 12.6. The maximum atomic E-state index is 13.6. The van der Waals surface area contributed by atoms with E-state index in [4.69, 9.17) is 9.47 Å². The minimum atomic E-state index is -2.70. The first kappa shape index (κ1) is 12.4. The van der Waals surface area contributed by atoms with Crippen LogP contribution in [-0.4, -0.2) is 31.2 Å². The molecule has 2 unspecified atom stereocenters. The van der Waals surface area contributed by atoms with E-state index in [1.807, 2.05) is 12.1 Å². The first-order valence-corrected chi connectivity index (χ1v) is 6.81. The summed E-state index contributed by atoms with van der Waals surface area (Å²) in [6, 6.07) is 7.35. The smallest absolute Gasteiger partial charge is 0.298 e. The van der Waals surface area contributed by atoms with Crippen LogP contribution in [-0.2, 0) is 9.47 Å². The molecule has 3 rings (SSSR count). The third-order valence-electron chi connectivity index (χ3n) is 3.13. The van der Waals surface area contributed by atoms with Crippen molar-refractivity contribution >= 4 is 11.8 Å². The molecule has 1 aromatic rings. The van der Waals surface area contributed by atoms with Crippen LogP contribution in [0, 0.1) is 0 Å². The van der Waals surface area contributed by atoms with Gasteiger partial charge in [0.1, 0.15) is 6.10 Å². The van der Waals surface area contributed by atoms with Crippen LogP contribution in [0.4, 0.5) is 8.78 Å². The molecule has 0 N–H and O–H groups in total. The molecule has 0 aliphatic carbocycles. The molecule has 0 radical (unpaired) electrons. The van der Waals surface area contributed by atoms with E-state index >= 15 is 0 Å². The van der Waals surface area contributed by atoms with Gasteiger partial charge in [-0.2, -0.15) is 8.78 Å². The van der Waals surface area contributed by atoms with Crippen LogP contribution in [0.5, 0.6) is 0 Å². The van der Waals surface area contributed by atoms with E-state index < -0.39 is 5.25 Å². The Labute approximate surface area is 109 Å². The molecular weight excluding hydrogens is 258 g/mol. The molecule has 18 heavy (non-hydrogen) atoms. The Morgan fingerprint density at radius 2 is 2.11 bits per heavy atom. The van der Waals surface area contributed by atoms with Crippen LogP contribution in [0.1, 0.15) is 17.9 Å². The van der Waals surface area contributed by atoms with Gasteiger partial charge >= 0.3 is 0 Å². The van der Waals surface area contributed by atoms with Crippen LogP contribution < -0.4 is 0 Å². The summed E-state index contributed by atoms with van der Waals surface area (Å²) in [5.74, 6) is -0.226. The molecule has 0 amide bonds. The maximum absolute atomic E-state index is 13.6. The monoisotopic (exact) mass is 272 g/mol. The van der Waals surface area contributed by atoms with E-state index in [2.05, 4.69) is 0 Å². The topological polar surface area (TPSA) is 21.8 Å². The molecule has 0 spiro atoms. The first-order chi connectivity index (χ1) is 8.64. The minimum absolute atomic E-state index is 0.153. The van der Waals surface area contributed by atoms with E-state index in [1.54, 1.807) is 12.1 Å². The highest BCUT2D eigenvalue weighted by Gasteiger charge is 2.40. The predicted octanol–water partition coefficient (Wildman–Crippen LogP) is 3.27. The number of halogens is 2. The number of rotatable bonds is 4. The highest BCUT2D eigenvalue weighted by molar-refractivity contribution is 8.00. The number of thioether (sulfide) groups is 1. The highest BCUT2D eigenvalue weighted by atomic mass is 32.2. The minimum Gasteiger partial charge on any atom is -0.378 e. The van der Waals surface area contributed by atoms with Crippen LogP contribution in [0.2, 0.25) is 0 Å². The first-order valence-electron chi connectivity index (χ1n) is 5.99. The summed E-state index contributed by atoms with van der Waals surface area (Å²) in [4.78, 5) is 0.671. The van der Waals surface area contributed by atoms with Gasteiger partial charge in [0.2, 0.25) is 0 Å². The molecule has 5 heteroatoms. The van der Waals surface area contributed by atoms with Gasteiger partial charge in [0.15, 0.2) is 0 Å². The van der Waals surface area contributed by atoms with Gasteiger partial charge in [-0.1, -0.05) is 30.0 Å². The lowest BCUT2D eigenvalue weighted by molar-refractivity contribution is 0.0489. The van der Waals surface area contributed by atoms with Gasteiger partial charge in [-0.15, -0.1) is 0 Å². The van der Waals surface area contributed by atoms with E-state index in [9.17, 15) is 8.78 Å². The Morgan fingerprint density at radius 1 is 1.33 bits per heavy atom. The lowest BCUT2D eigenvalue weighted by Gasteiger charge is -2.30. The fraction of sp³-hybridized carbons (Fsp3) is 0.538. The largest absolute Gasteiger partial charge is 0.378 e. The molecular formula is C13H14F2O2S. The van der Waals surface area contributed by atoms with Crippen LogP contribution in [0.15, 0.2) is 29.2 Å². The summed E-state index contributed by atoms with van der Waals surface area (Å²) in [6.45, 7) is 1.58. The zero-order valence-corrected chi connectivity index (χ0v) is 10.6. The van der Waals surface area contributed by atoms with E-state index in [-0.39, 0.29) is 18.4 Å². The third kappa shape index (κ3) is 2.84. The number of hydrogen-bond donors (Lipinski definition) is 0. The Hall–Kier alpha value is -0.650. The molecule has 2 nitrogen and oxygen atoms in total. The van der Waals surface area contributed by atoms with Gasteiger partial charge in [0, 0.05) is 17.2 Å². The number of fused-ring (bicyclic) bond motifs is 1. The van der Waals surface area contributed by atoms with Gasteiger partial charge in [-0.05, 0) is 11.6 Å². The van der Waals surface area contributed by atoms with Crippen molar-refractivity contribution in [1.82, 2.24) is 0 Å². The number of benzene rings is 1. The molecule has 0 saturated carbocycles. The molecule has 2 atom stereocenters. The van der Waals surface area contributed by atoms with Crippen molar-refractivity contribution < 1.29 is 18.3 Å². The average molecular weight is 272 g/mol. The SMILES string of the molecule is FC1(F)CC(COCC2CO2)c2ccccc2S1. The standard InChI is InChI=1S/C13H14F2O2S/c14-13(15)5-9(6-16-7-10-8-17-10)11-3-1-2-4-12(11)18-13/h1-4,9-10H,5-8H2. The summed E-state index contributed by atoms with van der Waals surface area (Å²) in [5, 5.41) is -2.70. The molecule has 1 saturated heterocycles. The molecule has 0 bridgehead atoms. The highest BCUT2D eigenvalue weighted by Crippen LogP contribution is 2.50. The molecule has 0 aromatic heterocycles.